The van der Waals surface area contributed by atoms with Crippen LogP contribution in [0.1, 0.15) is 0 Å². The van der Waals surface area contributed by atoms with Crippen LogP contribution < -0.4 is 15.5 Å². The molecule has 1 fully saturated rings. The smallest absolute Gasteiger partial charge is 0.228 e. The van der Waals surface area contributed by atoms with Crippen molar-refractivity contribution >= 4 is 28.5 Å². The molecule has 8 nitrogen and oxygen atoms in total. The second kappa shape index (κ2) is 8.10. The Balaban J connectivity index is 1.51. The van der Waals surface area contributed by atoms with Crippen molar-refractivity contribution in [2.75, 3.05) is 36.5 Å². The molecule has 3 heterocycles. The van der Waals surface area contributed by atoms with Crippen LogP contribution >= 0.6 is 0 Å². The molecule has 0 amide bonds. The van der Waals surface area contributed by atoms with Gasteiger partial charge in [-0.05, 0) is 17.7 Å². The molecule has 0 aliphatic carbocycles. The summed E-state index contributed by atoms with van der Waals surface area (Å²) < 4.78 is 0. The molecule has 1 saturated heterocycles. The van der Waals surface area contributed by atoms with E-state index < -0.39 is 0 Å². The number of aromatic amines is 1. The summed E-state index contributed by atoms with van der Waals surface area (Å²) in [4.78, 5) is 11.6. The molecule has 1 aliphatic rings. The number of benzene rings is 2. The van der Waals surface area contributed by atoms with Gasteiger partial charge in [-0.25, -0.2) is 4.98 Å². The van der Waals surface area contributed by atoms with Crippen LogP contribution in [-0.4, -0.2) is 57.6 Å². The highest BCUT2D eigenvalue weighted by molar-refractivity contribution is 5.91. The van der Waals surface area contributed by atoms with Crippen molar-refractivity contribution < 1.29 is 5.11 Å². The van der Waals surface area contributed by atoms with Crippen molar-refractivity contribution in [2.45, 2.75) is 6.04 Å². The van der Waals surface area contributed by atoms with Crippen molar-refractivity contribution in [1.29, 1.82) is 0 Å². The van der Waals surface area contributed by atoms with Gasteiger partial charge in [-0.1, -0.05) is 42.5 Å². The molecular formula is C22H23N7O. The van der Waals surface area contributed by atoms with E-state index in [9.17, 15) is 5.11 Å². The van der Waals surface area contributed by atoms with E-state index in [2.05, 4.69) is 25.7 Å². The van der Waals surface area contributed by atoms with Crippen LogP contribution in [0, 0.1) is 0 Å². The van der Waals surface area contributed by atoms with Gasteiger partial charge in [0.2, 0.25) is 5.95 Å². The van der Waals surface area contributed by atoms with Gasteiger partial charge < -0.3 is 20.6 Å². The fraction of sp³-hybridized carbons (Fsp3) is 0.227. The Hall–Kier alpha value is -3.49. The number of aliphatic hydroxyl groups is 1. The lowest BCUT2D eigenvalue weighted by Crippen LogP contribution is -2.53. The average molecular weight is 401 g/mol. The quantitative estimate of drug-likeness (QED) is 0.408. The minimum absolute atomic E-state index is 0.0474. The number of aromatic nitrogens is 4. The molecule has 2 aromatic heterocycles. The number of fused-ring (bicyclic) bond motifs is 1. The van der Waals surface area contributed by atoms with Crippen LogP contribution in [0.5, 0.6) is 0 Å². The number of para-hydroxylation sites is 1. The lowest BCUT2D eigenvalue weighted by atomic mass is 10.1. The van der Waals surface area contributed by atoms with Gasteiger partial charge in [-0.2, -0.15) is 10.1 Å². The lowest BCUT2D eigenvalue weighted by Gasteiger charge is -2.35. The van der Waals surface area contributed by atoms with Crippen LogP contribution in [0.4, 0.5) is 17.6 Å². The zero-order chi connectivity index (χ0) is 20.3. The van der Waals surface area contributed by atoms with Crippen LogP contribution in [0.25, 0.3) is 22.2 Å². The molecule has 5 rings (SSSR count). The molecule has 30 heavy (non-hydrogen) atoms. The molecule has 2 aromatic carbocycles. The van der Waals surface area contributed by atoms with Crippen molar-refractivity contribution in [3.05, 3.63) is 60.7 Å². The first-order valence-electron chi connectivity index (χ1n) is 10.0. The zero-order valence-electron chi connectivity index (χ0n) is 16.4. The monoisotopic (exact) mass is 401 g/mol. The molecule has 8 heteroatoms. The number of hydrogen-bond acceptors (Lipinski definition) is 7. The Morgan fingerprint density at radius 1 is 1.07 bits per heavy atom. The molecule has 0 unspecified atom stereocenters. The number of aliphatic hydroxyl groups excluding tert-OH is 1. The first-order chi connectivity index (χ1) is 14.8. The number of H-pyrrole nitrogens is 1. The number of piperazine rings is 1. The van der Waals surface area contributed by atoms with Crippen molar-refractivity contribution in [2.24, 2.45) is 0 Å². The minimum Gasteiger partial charge on any atom is -0.394 e. The molecule has 152 valence electrons. The van der Waals surface area contributed by atoms with E-state index in [1.54, 1.807) is 0 Å². The molecule has 1 atom stereocenters. The maximum Gasteiger partial charge on any atom is 0.228 e. The maximum absolute atomic E-state index is 9.78. The Kier molecular flexibility index (Phi) is 5.00. The highest BCUT2D eigenvalue weighted by Crippen LogP contribution is 2.28. The third-order valence-electron chi connectivity index (χ3n) is 5.32. The molecule has 0 saturated carbocycles. The van der Waals surface area contributed by atoms with Gasteiger partial charge in [0.1, 0.15) is 5.82 Å². The summed E-state index contributed by atoms with van der Waals surface area (Å²) in [6.45, 7) is 2.32. The van der Waals surface area contributed by atoms with Gasteiger partial charge in [0, 0.05) is 31.1 Å². The van der Waals surface area contributed by atoms with E-state index in [4.69, 9.17) is 9.97 Å². The number of nitrogens with one attached hydrogen (secondary N) is 3. The average Bonchev–Trinajstić information content (AvgIpc) is 3.28. The van der Waals surface area contributed by atoms with E-state index >= 15 is 0 Å². The second-order valence-electron chi connectivity index (χ2n) is 7.28. The van der Waals surface area contributed by atoms with Crippen molar-refractivity contribution in [3.8, 4) is 11.3 Å². The largest absolute Gasteiger partial charge is 0.394 e. The molecule has 0 spiro atoms. The van der Waals surface area contributed by atoms with Gasteiger partial charge in [-0.15, -0.1) is 0 Å². The summed E-state index contributed by atoms with van der Waals surface area (Å²) in [5.41, 5.74) is 2.84. The molecule has 1 aliphatic heterocycles. The number of anilines is 3. The molecule has 0 radical (unpaired) electrons. The van der Waals surface area contributed by atoms with E-state index in [0.29, 0.717) is 24.1 Å². The SMILES string of the molecule is OC[C@@H]1CNCCN1c1nc(Nc2cc(-c3ccccc3)[nH]n2)c2ccccc2n1. The van der Waals surface area contributed by atoms with Crippen LogP contribution in [-0.2, 0) is 0 Å². The van der Waals surface area contributed by atoms with E-state index in [1.807, 2.05) is 60.7 Å². The third-order valence-corrected chi connectivity index (χ3v) is 5.32. The lowest BCUT2D eigenvalue weighted by molar-refractivity contribution is 0.245. The fourth-order valence-corrected chi connectivity index (χ4v) is 3.75. The Morgan fingerprint density at radius 2 is 1.90 bits per heavy atom. The summed E-state index contributed by atoms with van der Waals surface area (Å²) in [6, 6.07) is 19.9. The first kappa shape index (κ1) is 18.5. The third kappa shape index (κ3) is 3.58. The zero-order valence-corrected chi connectivity index (χ0v) is 16.4. The number of rotatable bonds is 5. The van der Waals surface area contributed by atoms with E-state index in [1.165, 1.54) is 0 Å². The number of hydrogen-bond donors (Lipinski definition) is 4. The highest BCUT2D eigenvalue weighted by atomic mass is 16.3. The summed E-state index contributed by atoms with van der Waals surface area (Å²) in [5, 5.41) is 24.8. The van der Waals surface area contributed by atoms with Gasteiger partial charge in [0.25, 0.3) is 0 Å². The normalized spacial score (nSPS) is 16.7. The van der Waals surface area contributed by atoms with E-state index in [-0.39, 0.29) is 12.6 Å². The van der Waals surface area contributed by atoms with Crippen molar-refractivity contribution in [1.82, 2.24) is 25.5 Å². The van der Waals surface area contributed by atoms with Crippen LogP contribution in [0.3, 0.4) is 0 Å². The highest BCUT2D eigenvalue weighted by Gasteiger charge is 2.25. The van der Waals surface area contributed by atoms with Gasteiger partial charge in [0.15, 0.2) is 5.82 Å². The summed E-state index contributed by atoms with van der Waals surface area (Å²) in [7, 11) is 0. The maximum atomic E-state index is 9.78. The van der Waals surface area contributed by atoms with Gasteiger partial charge in [-0.3, -0.25) is 5.10 Å². The number of nitrogens with zero attached hydrogens (tertiary/aromatic N) is 4. The van der Waals surface area contributed by atoms with Crippen LogP contribution in [0.15, 0.2) is 60.7 Å². The Bertz CT molecular complexity index is 1140. The van der Waals surface area contributed by atoms with Crippen LogP contribution in [0.2, 0.25) is 0 Å². The van der Waals surface area contributed by atoms with Crippen molar-refractivity contribution in [3.63, 3.8) is 0 Å². The summed E-state index contributed by atoms with van der Waals surface area (Å²) >= 11 is 0. The Labute approximate surface area is 174 Å². The second-order valence-corrected chi connectivity index (χ2v) is 7.28. The van der Waals surface area contributed by atoms with E-state index in [0.717, 1.165) is 35.2 Å². The minimum atomic E-state index is -0.0529. The van der Waals surface area contributed by atoms with Gasteiger partial charge in [0.05, 0.1) is 23.9 Å². The molecule has 4 aromatic rings. The topological polar surface area (TPSA) is 102 Å². The fourth-order valence-electron chi connectivity index (χ4n) is 3.75. The predicted octanol–water partition coefficient (Wildman–Crippen LogP) is 2.53. The molecule has 0 bridgehead atoms. The summed E-state index contributed by atoms with van der Waals surface area (Å²) in [5.74, 6) is 1.98. The Morgan fingerprint density at radius 3 is 2.77 bits per heavy atom. The molecular weight excluding hydrogens is 378 g/mol. The molecule has 4 N–H and O–H groups in total. The summed E-state index contributed by atoms with van der Waals surface area (Å²) in [6.07, 6.45) is 0. The first-order valence-corrected chi connectivity index (χ1v) is 10.0. The standard InChI is InChI=1S/C22H23N7O/c30-14-16-13-23-10-11-29(16)22-24-18-9-5-4-8-17(18)21(26-22)25-20-12-19(27-28-20)15-6-2-1-3-7-15/h1-9,12,16,23,30H,10-11,13-14H2,(H2,24,25,26,27,28)/t16-/m0/s1. The van der Waals surface area contributed by atoms with Gasteiger partial charge >= 0.3 is 0 Å². The predicted molar refractivity (Wildman–Crippen MR) is 118 cm³/mol.